The first-order valence-corrected chi connectivity index (χ1v) is 11.7. The molecular formula is C26H29N5O4. The summed E-state index contributed by atoms with van der Waals surface area (Å²) in [5.41, 5.74) is 2.60. The molecule has 0 bridgehead atoms. The molecule has 1 fully saturated rings. The molecule has 0 radical (unpaired) electrons. The van der Waals surface area contributed by atoms with Crippen LogP contribution >= 0.6 is 0 Å². The van der Waals surface area contributed by atoms with Crippen molar-refractivity contribution in [1.82, 2.24) is 24.8 Å². The molecule has 4 aromatic rings. The molecule has 0 atom stereocenters. The number of aromatic amines is 1. The monoisotopic (exact) mass is 475 g/mol. The van der Waals surface area contributed by atoms with Gasteiger partial charge >= 0.3 is 0 Å². The highest BCUT2D eigenvalue weighted by molar-refractivity contribution is 6.05. The molecular weight excluding hydrogens is 446 g/mol. The van der Waals surface area contributed by atoms with E-state index in [4.69, 9.17) is 9.47 Å². The van der Waals surface area contributed by atoms with E-state index in [1.54, 1.807) is 26.4 Å². The Bertz CT molecular complexity index is 1400. The van der Waals surface area contributed by atoms with Crippen LogP contribution in [0, 0.1) is 0 Å². The van der Waals surface area contributed by atoms with Gasteiger partial charge < -0.3 is 19.8 Å². The molecule has 0 spiro atoms. The van der Waals surface area contributed by atoms with Crippen LogP contribution in [-0.4, -0.2) is 58.7 Å². The predicted molar refractivity (Wildman–Crippen MR) is 134 cm³/mol. The van der Waals surface area contributed by atoms with E-state index in [1.807, 2.05) is 6.07 Å². The lowest BCUT2D eigenvalue weighted by Gasteiger charge is -2.32. The average Bonchev–Trinajstić information content (AvgIpc) is 3.25. The minimum atomic E-state index is -0.294. The van der Waals surface area contributed by atoms with E-state index < -0.39 is 0 Å². The van der Waals surface area contributed by atoms with Crippen molar-refractivity contribution in [1.29, 1.82) is 0 Å². The molecule has 2 aromatic heterocycles. The van der Waals surface area contributed by atoms with E-state index in [2.05, 4.69) is 44.5 Å². The average molecular weight is 476 g/mol. The van der Waals surface area contributed by atoms with E-state index in [9.17, 15) is 9.59 Å². The Morgan fingerprint density at radius 2 is 1.83 bits per heavy atom. The van der Waals surface area contributed by atoms with Crippen LogP contribution in [0.5, 0.6) is 11.5 Å². The molecule has 2 aromatic carbocycles. The Kier molecular flexibility index (Phi) is 6.41. The molecule has 9 heteroatoms. The number of benzene rings is 2. The summed E-state index contributed by atoms with van der Waals surface area (Å²) in [6, 6.07) is 14.1. The zero-order valence-electron chi connectivity index (χ0n) is 19.9. The fourth-order valence-corrected chi connectivity index (χ4v) is 4.74. The summed E-state index contributed by atoms with van der Waals surface area (Å²) in [6.07, 6.45) is 3.20. The van der Waals surface area contributed by atoms with Gasteiger partial charge in [0.05, 0.1) is 26.1 Å². The van der Waals surface area contributed by atoms with Crippen molar-refractivity contribution in [2.24, 2.45) is 0 Å². The number of rotatable bonds is 7. The Morgan fingerprint density at radius 1 is 1.11 bits per heavy atom. The normalized spacial score (nSPS) is 14.9. The zero-order valence-corrected chi connectivity index (χ0v) is 19.9. The first kappa shape index (κ1) is 22.9. The van der Waals surface area contributed by atoms with Gasteiger partial charge in [-0.1, -0.05) is 30.3 Å². The second-order valence-electron chi connectivity index (χ2n) is 8.88. The Hall–Kier alpha value is -3.85. The van der Waals surface area contributed by atoms with Gasteiger partial charge in [0.25, 0.3) is 5.56 Å². The SMILES string of the molecule is COc1cc2[nH]c3c(=O)n(CC(=O)NC4CCN(Cc5ccccc5)CC4)cnc3c2cc1OC. The second-order valence-corrected chi connectivity index (χ2v) is 8.88. The molecule has 1 aliphatic heterocycles. The number of piperidine rings is 1. The van der Waals surface area contributed by atoms with Gasteiger partial charge in [0, 0.05) is 37.1 Å². The molecule has 2 N–H and O–H groups in total. The van der Waals surface area contributed by atoms with Gasteiger partial charge in [-0.25, -0.2) is 4.98 Å². The van der Waals surface area contributed by atoms with Gasteiger partial charge in [-0.05, 0) is 24.5 Å². The molecule has 9 nitrogen and oxygen atoms in total. The number of nitrogens with zero attached hydrogens (tertiary/aromatic N) is 3. The molecule has 0 saturated carbocycles. The summed E-state index contributed by atoms with van der Waals surface area (Å²) >= 11 is 0. The third kappa shape index (κ3) is 4.72. The van der Waals surface area contributed by atoms with E-state index >= 15 is 0 Å². The highest BCUT2D eigenvalue weighted by atomic mass is 16.5. The van der Waals surface area contributed by atoms with Crippen LogP contribution < -0.4 is 20.3 Å². The van der Waals surface area contributed by atoms with Crippen molar-refractivity contribution in [2.45, 2.75) is 32.0 Å². The number of ether oxygens (including phenoxy) is 2. The van der Waals surface area contributed by atoms with Gasteiger partial charge in [0.2, 0.25) is 5.91 Å². The minimum absolute atomic E-state index is 0.0754. The van der Waals surface area contributed by atoms with E-state index in [0.717, 1.165) is 37.9 Å². The van der Waals surface area contributed by atoms with Crippen LogP contribution in [0.15, 0.2) is 53.6 Å². The van der Waals surface area contributed by atoms with Gasteiger partial charge in [-0.15, -0.1) is 0 Å². The van der Waals surface area contributed by atoms with Gasteiger partial charge in [0.15, 0.2) is 11.5 Å². The number of methoxy groups -OCH3 is 2. The summed E-state index contributed by atoms with van der Waals surface area (Å²) in [7, 11) is 3.12. The molecule has 0 unspecified atom stereocenters. The maximum Gasteiger partial charge on any atom is 0.278 e. The molecule has 1 aliphatic rings. The molecule has 5 rings (SSSR count). The number of likely N-dealkylation sites (tertiary alicyclic amines) is 1. The quantitative estimate of drug-likeness (QED) is 0.426. The number of fused-ring (bicyclic) bond motifs is 3. The summed E-state index contributed by atoms with van der Waals surface area (Å²) in [5.74, 6) is 0.927. The summed E-state index contributed by atoms with van der Waals surface area (Å²) < 4.78 is 12.1. The molecule has 35 heavy (non-hydrogen) atoms. The van der Waals surface area contributed by atoms with Crippen molar-refractivity contribution in [3.63, 3.8) is 0 Å². The van der Waals surface area contributed by atoms with Crippen molar-refractivity contribution in [3.05, 3.63) is 64.7 Å². The maximum absolute atomic E-state index is 13.1. The van der Waals surface area contributed by atoms with Gasteiger partial charge in [0.1, 0.15) is 17.6 Å². The number of H-pyrrole nitrogens is 1. The highest BCUT2D eigenvalue weighted by Gasteiger charge is 2.21. The standard InChI is InChI=1S/C26H29N5O4/c1-34-21-12-19-20(13-22(21)35-2)29-25-24(19)27-16-31(26(25)33)15-23(32)28-18-8-10-30(11-9-18)14-17-6-4-3-5-7-17/h3-7,12-13,16,18,29H,8-11,14-15H2,1-2H3,(H,28,32). The minimum Gasteiger partial charge on any atom is -0.493 e. The third-order valence-corrected chi connectivity index (χ3v) is 6.59. The van der Waals surface area contributed by atoms with E-state index in [-0.39, 0.29) is 24.1 Å². The molecule has 1 amide bonds. The Morgan fingerprint density at radius 3 is 2.54 bits per heavy atom. The third-order valence-electron chi connectivity index (χ3n) is 6.59. The lowest BCUT2D eigenvalue weighted by molar-refractivity contribution is -0.122. The molecule has 1 saturated heterocycles. The summed E-state index contributed by atoms with van der Waals surface area (Å²) in [5, 5.41) is 3.85. The van der Waals surface area contributed by atoms with E-state index in [0.29, 0.717) is 28.0 Å². The number of hydrogen-bond donors (Lipinski definition) is 2. The van der Waals surface area contributed by atoms with Crippen molar-refractivity contribution in [3.8, 4) is 11.5 Å². The van der Waals surface area contributed by atoms with Crippen LogP contribution in [0.2, 0.25) is 0 Å². The maximum atomic E-state index is 13.1. The topological polar surface area (TPSA) is 101 Å². The summed E-state index contributed by atoms with van der Waals surface area (Å²) in [4.78, 5) is 35.8. The number of hydrogen-bond acceptors (Lipinski definition) is 6. The van der Waals surface area contributed by atoms with Crippen molar-refractivity contribution in [2.75, 3.05) is 27.3 Å². The van der Waals surface area contributed by atoms with E-state index in [1.165, 1.54) is 16.5 Å². The van der Waals surface area contributed by atoms with Crippen molar-refractivity contribution >= 4 is 27.8 Å². The number of carbonyl (C=O) groups is 1. The smallest absolute Gasteiger partial charge is 0.278 e. The molecule has 3 heterocycles. The first-order chi connectivity index (χ1) is 17.1. The summed E-state index contributed by atoms with van der Waals surface area (Å²) in [6.45, 7) is 2.70. The second kappa shape index (κ2) is 9.79. The Balaban J connectivity index is 1.25. The van der Waals surface area contributed by atoms with Crippen LogP contribution in [0.25, 0.3) is 21.9 Å². The van der Waals surface area contributed by atoms with Crippen LogP contribution in [-0.2, 0) is 17.9 Å². The Labute approximate surface area is 202 Å². The zero-order chi connectivity index (χ0) is 24.4. The number of nitrogens with one attached hydrogen (secondary N) is 2. The van der Waals surface area contributed by atoms with Crippen LogP contribution in [0.1, 0.15) is 18.4 Å². The number of carbonyl (C=O) groups excluding carboxylic acids is 1. The fraction of sp³-hybridized carbons (Fsp3) is 0.346. The van der Waals surface area contributed by atoms with Gasteiger partial charge in [-0.2, -0.15) is 0 Å². The predicted octanol–water partition coefficient (Wildman–Crippen LogP) is 2.68. The fourth-order valence-electron chi connectivity index (χ4n) is 4.74. The lowest BCUT2D eigenvalue weighted by Crippen LogP contribution is -2.45. The largest absolute Gasteiger partial charge is 0.493 e. The number of amides is 1. The number of aromatic nitrogens is 3. The lowest BCUT2D eigenvalue weighted by atomic mass is 10.0. The van der Waals surface area contributed by atoms with Crippen LogP contribution in [0.3, 0.4) is 0 Å². The molecule has 182 valence electrons. The van der Waals surface area contributed by atoms with Crippen molar-refractivity contribution < 1.29 is 14.3 Å². The molecule has 0 aliphatic carbocycles. The van der Waals surface area contributed by atoms with Crippen LogP contribution in [0.4, 0.5) is 0 Å². The first-order valence-electron chi connectivity index (χ1n) is 11.7. The highest BCUT2D eigenvalue weighted by Crippen LogP contribution is 2.34. The van der Waals surface area contributed by atoms with Gasteiger partial charge in [-0.3, -0.25) is 19.1 Å².